The maximum absolute atomic E-state index is 12.9. The fraction of sp³-hybridized carbons (Fsp3) is 0.300. The number of hydrogen-bond donors (Lipinski definition) is 0. The van der Waals surface area contributed by atoms with Gasteiger partial charge in [-0.15, -0.1) is 4.40 Å². The molecule has 0 spiro atoms. The van der Waals surface area contributed by atoms with Gasteiger partial charge in [-0.05, 0) is 56.3 Å². The minimum absolute atomic E-state index is 0.0263. The van der Waals surface area contributed by atoms with Gasteiger partial charge in [0, 0.05) is 0 Å². The molecule has 3 rings (SSSR count). The van der Waals surface area contributed by atoms with Crippen LogP contribution in [0.1, 0.15) is 13.8 Å². The molecule has 0 amide bonds. The zero-order valence-electron chi connectivity index (χ0n) is 16.8. The summed E-state index contributed by atoms with van der Waals surface area (Å²) in [7, 11) is -2.50. The highest BCUT2D eigenvalue weighted by atomic mass is 32.2. The predicted octanol–water partition coefficient (Wildman–Crippen LogP) is 2.96. The molecule has 0 saturated carbocycles. The average molecular weight is 451 g/mol. The van der Waals surface area contributed by atoms with E-state index in [0.29, 0.717) is 23.6 Å². The van der Waals surface area contributed by atoms with Gasteiger partial charge in [0.1, 0.15) is 18.0 Å². The Labute approximate surface area is 178 Å². The van der Waals surface area contributed by atoms with E-state index in [0.717, 1.165) is 16.0 Å². The molecule has 0 radical (unpaired) electrons. The van der Waals surface area contributed by atoms with Crippen molar-refractivity contribution in [1.29, 1.82) is 0 Å². The zero-order chi connectivity index (χ0) is 21.7. The molecule has 0 unspecified atom stereocenters. The second-order valence-electron chi connectivity index (χ2n) is 6.08. The Balaban J connectivity index is 2.14. The molecule has 0 atom stereocenters. The van der Waals surface area contributed by atoms with E-state index < -0.39 is 16.0 Å². The van der Waals surface area contributed by atoms with Crippen molar-refractivity contribution in [2.24, 2.45) is 4.40 Å². The highest BCUT2D eigenvalue weighted by Gasteiger charge is 2.17. The van der Waals surface area contributed by atoms with Crippen molar-refractivity contribution < 1.29 is 27.4 Å². The molecular formula is C20H22N2O6S2. The molecule has 30 heavy (non-hydrogen) atoms. The number of carbonyl (C=O) groups is 1. The zero-order valence-corrected chi connectivity index (χ0v) is 18.5. The lowest BCUT2D eigenvalue weighted by Crippen LogP contribution is -2.23. The lowest BCUT2D eigenvalue weighted by Gasteiger charge is -2.06. The van der Waals surface area contributed by atoms with Gasteiger partial charge in [0.2, 0.25) is 4.80 Å². The van der Waals surface area contributed by atoms with Crippen LogP contribution in [0.4, 0.5) is 0 Å². The molecule has 3 aromatic rings. The van der Waals surface area contributed by atoms with E-state index in [-0.39, 0.29) is 22.8 Å². The van der Waals surface area contributed by atoms with Gasteiger partial charge in [0.05, 0.1) is 35.4 Å². The molecule has 0 bridgehead atoms. The molecule has 0 aliphatic rings. The van der Waals surface area contributed by atoms with Crippen LogP contribution < -0.4 is 14.3 Å². The Morgan fingerprint density at radius 2 is 1.77 bits per heavy atom. The fourth-order valence-corrected chi connectivity index (χ4v) is 5.03. The molecule has 0 N–H and O–H groups in total. The van der Waals surface area contributed by atoms with Gasteiger partial charge >= 0.3 is 5.97 Å². The Morgan fingerprint density at radius 1 is 1.07 bits per heavy atom. The number of carbonyl (C=O) groups excluding carboxylic acids is 1. The van der Waals surface area contributed by atoms with Gasteiger partial charge in [0.25, 0.3) is 10.0 Å². The van der Waals surface area contributed by atoms with E-state index in [1.807, 2.05) is 6.92 Å². The molecule has 1 heterocycles. The number of esters is 1. The third-order valence-corrected chi connectivity index (χ3v) is 6.55. The van der Waals surface area contributed by atoms with Crippen LogP contribution in [0.2, 0.25) is 0 Å². The summed E-state index contributed by atoms with van der Waals surface area (Å²) in [5.41, 5.74) is 0.667. The fourth-order valence-electron chi connectivity index (χ4n) is 2.77. The Kier molecular flexibility index (Phi) is 6.78. The third kappa shape index (κ3) is 4.82. The van der Waals surface area contributed by atoms with Gasteiger partial charge in [0.15, 0.2) is 0 Å². The van der Waals surface area contributed by atoms with Crippen LogP contribution in [-0.4, -0.2) is 39.3 Å². The van der Waals surface area contributed by atoms with Gasteiger partial charge in [-0.25, -0.2) is 0 Å². The minimum atomic E-state index is -4.00. The Hall–Kier alpha value is -2.85. The third-order valence-electron chi connectivity index (χ3n) is 4.11. The monoisotopic (exact) mass is 450 g/mol. The topological polar surface area (TPSA) is 96.2 Å². The van der Waals surface area contributed by atoms with Crippen molar-refractivity contribution in [1.82, 2.24) is 4.57 Å². The number of ether oxygens (including phenoxy) is 3. The van der Waals surface area contributed by atoms with Crippen molar-refractivity contribution >= 4 is 37.5 Å². The summed E-state index contributed by atoms with van der Waals surface area (Å²) < 4.78 is 47.6. The molecule has 10 heteroatoms. The lowest BCUT2D eigenvalue weighted by molar-refractivity contribution is -0.143. The maximum Gasteiger partial charge on any atom is 0.326 e. The van der Waals surface area contributed by atoms with Crippen LogP contribution in [0.15, 0.2) is 51.8 Å². The van der Waals surface area contributed by atoms with Crippen molar-refractivity contribution in [3.63, 3.8) is 0 Å². The van der Waals surface area contributed by atoms with Crippen molar-refractivity contribution in [2.45, 2.75) is 25.3 Å². The van der Waals surface area contributed by atoms with Crippen LogP contribution in [0.5, 0.6) is 11.5 Å². The minimum Gasteiger partial charge on any atom is -0.497 e. The summed E-state index contributed by atoms with van der Waals surface area (Å²) in [4.78, 5) is 12.3. The number of fused-ring (bicyclic) bond motifs is 1. The molecular weight excluding hydrogens is 428 g/mol. The summed E-state index contributed by atoms with van der Waals surface area (Å²) in [5, 5.41) is 0. The number of nitrogens with zero attached hydrogens (tertiary/aromatic N) is 2. The van der Waals surface area contributed by atoms with Gasteiger partial charge < -0.3 is 18.8 Å². The molecule has 1 aromatic heterocycles. The largest absolute Gasteiger partial charge is 0.497 e. The summed E-state index contributed by atoms with van der Waals surface area (Å²) in [6.45, 7) is 4.16. The van der Waals surface area contributed by atoms with Gasteiger partial charge in [-0.1, -0.05) is 11.3 Å². The van der Waals surface area contributed by atoms with Gasteiger partial charge in [-0.2, -0.15) is 8.42 Å². The van der Waals surface area contributed by atoms with Gasteiger partial charge in [-0.3, -0.25) is 4.79 Å². The number of methoxy groups -OCH3 is 1. The first kappa shape index (κ1) is 21.8. The normalized spacial score (nSPS) is 12.2. The van der Waals surface area contributed by atoms with E-state index in [1.165, 1.54) is 23.8 Å². The Morgan fingerprint density at radius 3 is 2.40 bits per heavy atom. The molecule has 0 aliphatic carbocycles. The molecule has 8 nitrogen and oxygen atoms in total. The van der Waals surface area contributed by atoms with E-state index in [1.54, 1.807) is 37.3 Å². The van der Waals surface area contributed by atoms with Crippen LogP contribution in [-0.2, 0) is 26.1 Å². The molecule has 0 aliphatic heterocycles. The number of sulfonamides is 1. The first-order chi connectivity index (χ1) is 14.4. The van der Waals surface area contributed by atoms with E-state index in [4.69, 9.17) is 14.2 Å². The second kappa shape index (κ2) is 9.31. The smallest absolute Gasteiger partial charge is 0.326 e. The standard InChI is InChI=1S/C20H22N2O6S2/c1-4-27-15-8-11-17-18(12-15)29-20(22(17)13-19(23)28-5-2)21-30(24,25)16-9-6-14(26-3)7-10-16/h6-12H,4-5,13H2,1-3H3/b21-20-. The second-order valence-corrected chi connectivity index (χ2v) is 8.69. The summed E-state index contributed by atoms with van der Waals surface area (Å²) >= 11 is 1.16. The number of aromatic nitrogens is 1. The van der Waals surface area contributed by atoms with Crippen LogP contribution in [0, 0.1) is 0 Å². The lowest BCUT2D eigenvalue weighted by atomic mass is 10.3. The van der Waals surface area contributed by atoms with Crippen LogP contribution >= 0.6 is 11.3 Å². The summed E-state index contributed by atoms with van der Waals surface area (Å²) in [6.07, 6.45) is 0. The first-order valence-corrected chi connectivity index (χ1v) is 11.5. The summed E-state index contributed by atoms with van der Waals surface area (Å²) in [5.74, 6) is 0.713. The highest BCUT2D eigenvalue weighted by molar-refractivity contribution is 7.90. The molecule has 160 valence electrons. The van der Waals surface area contributed by atoms with E-state index in [9.17, 15) is 13.2 Å². The van der Waals surface area contributed by atoms with Crippen LogP contribution in [0.25, 0.3) is 10.2 Å². The molecule has 0 fully saturated rings. The quantitative estimate of drug-likeness (QED) is 0.490. The SMILES string of the molecule is CCOC(=O)Cn1/c(=N/S(=O)(=O)c2ccc(OC)cc2)sc2cc(OCC)ccc21. The van der Waals surface area contributed by atoms with E-state index >= 15 is 0 Å². The number of thiazole rings is 1. The maximum atomic E-state index is 12.9. The molecule has 0 saturated heterocycles. The Bertz CT molecular complexity index is 1210. The number of hydrogen-bond acceptors (Lipinski definition) is 7. The highest BCUT2D eigenvalue weighted by Crippen LogP contribution is 2.24. The van der Waals surface area contributed by atoms with Crippen LogP contribution in [0.3, 0.4) is 0 Å². The number of rotatable bonds is 8. The van der Waals surface area contributed by atoms with Crippen molar-refractivity contribution in [3.8, 4) is 11.5 Å². The average Bonchev–Trinajstić information content (AvgIpc) is 3.04. The first-order valence-electron chi connectivity index (χ1n) is 9.24. The summed E-state index contributed by atoms with van der Waals surface area (Å²) in [6, 6.07) is 11.3. The van der Waals surface area contributed by atoms with E-state index in [2.05, 4.69) is 4.40 Å². The predicted molar refractivity (Wildman–Crippen MR) is 113 cm³/mol. The number of benzene rings is 2. The molecule has 2 aromatic carbocycles. The van der Waals surface area contributed by atoms with Crippen molar-refractivity contribution in [3.05, 3.63) is 47.3 Å². The van der Waals surface area contributed by atoms with Crippen molar-refractivity contribution in [2.75, 3.05) is 20.3 Å².